The second kappa shape index (κ2) is 16.7. The van der Waals surface area contributed by atoms with Crippen LogP contribution < -0.4 is 26.8 Å². The molecule has 0 saturated heterocycles. The van der Waals surface area contributed by atoms with Crippen LogP contribution in [0.1, 0.15) is 69.3 Å². The number of anilines is 1. The number of halogens is 4. The summed E-state index contributed by atoms with van der Waals surface area (Å²) in [5, 5.41) is 8.70. The summed E-state index contributed by atoms with van der Waals surface area (Å²) >= 11 is 0. The maximum atomic E-state index is 14.7. The van der Waals surface area contributed by atoms with E-state index in [0.717, 1.165) is 6.07 Å². The number of nitrogens with one attached hydrogen (secondary N) is 6. The van der Waals surface area contributed by atoms with E-state index in [1.165, 1.54) is 36.5 Å². The zero-order chi connectivity index (χ0) is 39.2. The molecule has 5 rings (SSSR count). The van der Waals surface area contributed by atoms with E-state index in [9.17, 15) is 36.7 Å². The number of alkyl halides is 3. The minimum absolute atomic E-state index is 0.0385. The summed E-state index contributed by atoms with van der Waals surface area (Å²) in [5.41, 5.74) is 3.61. The maximum Gasteiger partial charge on any atom is 0.418 e. The highest BCUT2D eigenvalue weighted by Gasteiger charge is 2.47. The molecule has 0 saturated carbocycles. The van der Waals surface area contributed by atoms with Gasteiger partial charge in [0.2, 0.25) is 17.7 Å². The number of hydrogen-bond acceptors (Lipinski definition) is 6. The fourth-order valence-electron chi connectivity index (χ4n) is 6.74. The second-order valence-corrected chi connectivity index (χ2v) is 13.9. The molecule has 1 aliphatic carbocycles. The maximum absolute atomic E-state index is 14.7. The number of aromatic nitrogens is 2. The first kappa shape index (κ1) is 39.7. The summed E-state index contributed by atoms with van der Waals surface area (Å²) < 4.78 is 56.5. The van der Waals surface area contributed by atoms with Crippen LogP contribution in [-0.4, -0.2) is 51.2 Å². The zero-order valence-corrected chi connectivity index (χ0v) is 30.5. The lowest BCUT2D eigenvalue weighted by molar-refractivity contribution is -0.139. The predicted octanol–water partition coefficient (Wildman–Crippen LogP) is 5.51. The fourth-order valence-corrected chi connectivity index (χ4v) is 6.74. The third kappa shape index (κ3) is 8.83. The molecule has 2 aromatic heterocycles. The zero-order valence-electron chi connectivity index (χ0n) is 30.5. The fraction of sp³-hybridized carbons (Fsp3) is 0.410. The molecule has 11 nitrogen and oxygen atoms in total. The minimum Gasteiger partial charge on any atom is -0.358 e. The molecular formula is C39H45F4N7O4. The lowest BCUT2D eigenvalue weighted by Crippen LogP contribution is -2.67. The second-order valence-electron chi connectivity index (χ2n) is 13.9. The number of rotatable bonds is 14. The Hall–Kier alpha value is -5.47. The van der Waals surface area contributed by atoms with Crippen molar-refractivity contribution >= 4 is 40.3 Å². The number of carbonyl (C=O) groups is 4. The summed E-state index contributed by atoms with van der Waals surface area (Å²) in [6.07, 6.45) is -2.69. The van der Waals surface area contributed by atoms with Crippen LogP contribution in [0.3, 0.4) is 0 Å². The molecule has 0 fully saturated rings. The molecule has 0 radical (unpaired) electrons. The van der Waals surface area contributed by atoms with Crippen molar-refractivity contribution < 1.29 is 36.7 Å². The number of hydrazine groups is 1. The summed E-state index contributed by atoms with van der Waals surface area (Å²) in [5.74, 6) is -3.67. The van der Waals surface area contributed by atoms with Gasteiger partial charge in [-0.05, 0) is 60.1 Å². The minimum atomic E-state index is -4.65. The van der Waals surface area contributed by atoms with Crippen LogP contribution in [0.15, 0.2) is 66.9 Å². The molecule has 5 atom stereocenters. The number of carbonyl (C=O) groups excluding carboxylic acids is 4. The van der Waals surface area contributed by atoms with Crippen LogP contribution in [0.2, 0.25) is 0 Å². The molecule has 0 bridgehead atoms. The van der Waals surface area contributed by atoms with Gasteiger partial charge in [-0.2, -0.15) is 13.2 Å². The monoisotopic (exact) mass is 751 g/mol. The van der Waals surface area contributed by atoms with E-state index in [-0.39, 0.29) is 48.1 Å². The number of para-hydroxylation sites is 1. The Balaban J connectivity index is 1.49. The van der Waals surface area contributed by atoms with Crippen LogP contribution in [0, 0.1) is 17.7 Å². The Bertz CT molecular complexity index is 1990. The van der Waals surface area contributed by atoms with Gasteiger partial charge in [-0.1, -0.05) is 76.9 Å². The van der Waals surface area contributed by atoms with E-state index in [2.05, 4.69) is 36.8 Å². The lowest BCUT2D eigenvalue weighted by Gasteiger charge is -2.39. The van der Waals surface area contributed by atoms with Gasteiger partial charge < -0.3 is 20.9 Å². The summed E-state index contributed by atoms with van der Waals surface area (Å²) in [6.45, 7) is 7.19. The van der Waals surface area contributed by atoms with Crippen molar-refractivity contribution in [3.05, 3.63) is 95.1 Å². The molecule has 1 aliphatic rings. The predicted molar refractivity (Wildman–Crippen MR) is 195 cm³/mol. The van der Waals surface area contributed by atoms with E-state index in [1.54, 1.807) is 38.1 Å². The molecular weight excluding hydrogens is 706 g/mol. The lowest BCUT2D eigenvalue weighted by atomic mass is 9.78. The molecule has 4 aromatic rings. The standard InChI is InChI=1S/C39H45F4N7O4/c1-5-22(3)32(46-31(51)20-24-12-7-8-15-28(24)40)35(52)48-38(18-17-29-26(21-38)25-13-11-14-27(34(25)45-29)39(41,42)43)37(54)47-33(23(4)6-2)36(53)50-49-30-16-9-10-19-44-30/h7-16,19,22-23,32-33,45H,5-6,17-18,20-21H2,1-4H3,(H,44,49)(H,46,51)(H,47,54)(H,48,52)(H,50,53)/t22?,23?,32-,33-,38+/m0/s1. The number of hydrogen-bond donors (Lipinski definition) is 6. The van der Waals surface area contributed by atoms with Crippen molar-refractivity contribution in [2.24, 2.45) is 11.8 Å². The topological polar surface area (TPSA) is 157 Å². The third-order valence-electron chi connectivity index (χ3n) is 10.3. The van der Waals surface area contributed by atoms with Crippen molar-refractivity contribution in [2.45, 2.75) is 90.0 Å². The molecule has 0 spiro atoms. The van der Waals surface area contributed by atoms with Gasteiger partial charge in [-0.25, -0.2) is 9.37 Å². The third-order valence-corrected chi connectivity index (χ3v) is 10.3. The highest BCUT2D eigenvalue weighted by molar-refractivity contribution is 5.99. The summed E-state index contributed by atoms with van der Waals surface area (Å²) in [7, 11) is 0. The molecule has 0 aliphatic heterocycles. The smallest absolute Gasteiger partial charge is 0.358 e. The van der Waals surface area contributed by atoms with Gasteiger partial charge in [0.25, 0.3) is 5.91 Å². The average Bonchev–Trinajstić information content (AvgIpc) is 3.52. The number of aryl methyl sites for hydroxylation is 1. The van der Waals surface area contributed by atoms with Gasteiger partial charge >= 0.3 is 6.18 Å². The highest BCUT2D eigenvalue weighted by atomic mass is 19.4. The Morgan fingerprint density at radius 3 is 2.22 bits per heavy atom. The Morgan fingerprint density at radius 2 is 1.57 bits per heavy atom. The van der Waals surface area contributed by atoms with Gasteiger partial charge in [-0.15, -0.1) is 0 Å². The number of fused-ring (bicyclic) bond motifs is 3. The summed E-state index contributed by atoms with van der Waals surface area (Å²) in [6, 6.07) is 12.4. The van der Waals surface area contributed by atoms with Gasteiger partial charge in [0.1, 0.15) is 29.3 Å². The van der Waals surface area contributed by atoms with Crippen LogP contribution in [-0.2, 0) is 44.6 Å². The van der Waals surface area contributed by atoms with Gasteiger partial charge in [0.05, 0.1) is 17.5 Å². The Labute approximate surface area is 310 Å². The van der Waals surface area contributed by atoms with E-state index in [0.29, 0.717) is 29.9 Å². The Kier molecular flexibility index (Phi) is 12.3. The average molecular weight is 752 g/mol. The first-order valence-electron chi connectivity index (χ1n) is 18.0. The molecule has 2 aromatic carbocycles. The number of H-pyrrole nitrogens is 1. The first-order chi connectivity index (χ1) is 25.7. The quantitative estimate of drug-likeness (QED) is 0.0737. The Morgan fingerprint density at radius 1 is 0.889 bits per heavy atom. The van der Waals surface area contributed by atoms with Gasteiger partial charge in [0.15, 0.2) is 0 Å². The number of nitrogens with zero attached hydrogens (tertiary/aromatic N) is 1. The number of benzene rings is 2. The van der Waals surface area contributed by atoms with Crippen molar-refractivity contribution in [3.63, 3.8) is 0 Å². The van der Waals surface area contributed by atoms with E-state index >= 15 is 0 Å². The van der Waals surface area contributed by atoms with E-state index in [4.69, 9.17) is 0 Å². The number of pyridine rings is 1. The highest BCUT2D eigenvalue weighted by Crippen LogP contribution is 2.40. The number of amides is 4. The van der Waals surface area contributed by atoms with Crippen LogP contribution >= 0.6 is 0 Å². The van der Waals surface area contributed by atoms with Crippen molar-refractivity contribution in [3.8, 4) is 0 Å². The van der Waals surface area contributed by atoms with Gasteiger partial charge in [0, 0.05) is 23.7 Å². The normalized spacial score (nSPS) is 17.7. The van der Waals surface area contributed by atoms with Gasteiger partial charge in [-0.3, -0.25) is 30.0 Å². The van der Waals surface area contributed by atoms with E-state index < -0.39 is 64.7 Å². The van der Waals surface area contributed by atoms with Crippen molar-refractivity contribution in [1.82, 2.24) is 31.3 Å². The van der Waals surface area contributed by atoms with E-state index in [1.807, 2.05) is 13.8 Å². The molecule has 2 heterocycles. The SMILES string of the molecule is CCC(C)[C@H](NC(=O)Cc1ccccc1F)C(=O)N[C@]1(C(=O)N[C@H](C(=O)NNc2ccccn2)C(C)CC)CCc2[nH]c3c(C(F)(F)F)cccc3c2C1. The summed E-state index contributed by atoms with van der Waals surface area (Å²) in [4.78, 5) is 62.8. The van der Waals surface area contributed by atoms with Crippen LogP contribution in [0.5, 0.6) is 0 Å². The van der Waals surface area contributed by atoms with Crippen molar-refractivity contribution in [1.29, 1.82) is 0 Å². The molecule has 4 amide bonds. The molecule has 6 N–H and O–H groups in total. The van der Waals surface area contributed by atoms with Crippen LogP contribution in [0.25, 0.3) is 10.9 Å². The number of aromatic amines is 1. The van der Waals surface area contributed by atoms with Crippen LogP contribution in [0.4, 0.5) is 23.4 Å². The molecule has 2 unspecified atom stereocenters. The molecule has 54 heavy (non-hydrogen) atoms. The molecule has 15 heteroatoms. The van der Waals surface area contributed by atoms with Crippen molar-refractivity contribution in [2.75, 3.05) is 5.43 Å². The molecule has 288 valence electrons. The first-order valence-corrected chi connectivity index (χ1v) is 18.0. The largest absolute Gasteiger partial charge is 0.418 e.